The first-order valence-electron chi connectivity index (χ1n) is 6.37. The van der Waals surface area contributed by atoms with Gasteiger partial charge in [-0.1, -0.05) is 12.1 Å². The first-order chi connectivity index (χ1) is 8.79. The van der Waals surface area contributed by atoms with Crippen LogP contribution in [-0.2, 0) is 6.42 Å². The summed E-state index contributed by atoms with van der Waals surface area (Å²) in [6, 6.07) is 2.16. The number of fused-ring (bicyclic) bond motifs is 1. The van der Waals surface area contributed by atoms with Gasteiger partial charge in [-0.2, -0.15) is 4.98 Å². The molecule has 0 saturated carbocycles. The maximum absolute atomic E-state index is 9.71. The van der Waals surface area contributed by atoms with Crippen molar-refractivity contribution < 1.29 is 9.63 Å². The van der Waals surface area contributed by atoms with Gasteiger partial charge in [0.25, 0.3) is 0 Å². The number of hydrogen-bond donors (Lipinski definition) is 1. The molecule has 2 heterocycles. The van der Waals surface area contributed by atoms with E-state index >= 15 is 0 Å². The Morgan fingerprint density at radius 1 is 1.61 bits per heavy atom. The van der Waals surface area contributed by atoms with E-state index in [2.05, 4.69) is 21.6 Å². The predicted octanol–water partition coefficient (Wildman–Crippen LogP) is 3.04. The standard InChI is InChI=1S/C13H16N2O2S/c1-2-10(16)12-14-13(17-15-12)9-4-3-5-11-8(9)6-7-18-11/h6-7,9-10,16H,2-5H2,1H3. The third-order valence-corrected chi connectivity index (χ3v) is 4.49. The van der Waals surface area contributed by atoms with E-state index in [1.807, 2.05) is 6.92 Å². The quantitative estimate of drug-likeness (QED) is 0.925. The summed E-state index contributed by atoms with van der Waals surface area (Å²) in [5, 5.41) is 15.7. The number of aryl methyl sites for hydroxylation is 1. The van der Waals surface area contributed by atoms with Crippen molar-refractivity contribution in [1.82, 2.24) is 10.1 Å². The minimum Gasteiger partial charge on any atom is -0.385 e. The summed E-state index contributed by atoms with van der Waals surface area (Å²) < 4.78 is 5.34. The number of thiophene rings is 1. The first-order valence-corrected chi connectivity index (χ1v) is 7.25. The molecule has 3 rings (SSSR count). The highest BCUT2D eigenvalue weighted by Gasteiger charge is 2.28. The zero-order chi connectivity index (χ0) is 12.5. The summed E-state index contributed by atoms with van der Waals surface area (Å²) in [6.07, 6.45) is 3.35. The van der Waals surface area contributed by atoms with Gasteiger partial charge in [0.2, 0.25) is 5.89 Å². The van der Waals surface area contributed by atoms with Crippen molar-refractivity contribution >= 4 is 11.3 Å². The molecular formula is C13H16N2O2S. The van der Waals surface area contributed by atoms with E-state index in [9.17, 15) is 5.11 Å². The van der Waals surface area contributed by atoms with Gasteiger partial charge >= 0.3 is 0 Å². The molecule has 96 valence electrons. The molecule has 2 unspecified atom stereocenters. The summed E-state index contributed by atoms with van der Waals surface area (Å²) in [6.45, 7) is 1.90. The molecule has 0 spiro atoms. The lowest BCUT2D eigenvalue weighted by Crippen LogP contribution is -2.09. The van der Waals surface area contributed by atoms with Gasteiger partial charge < -0.3 is 9.63 Å². The Morgan fingerprint density at radius 2 is 2.50 bits per heavy atom. The second-order valence-corrected chi connectivity index (χ2v) is 5.66. The van der Waals surface area contributed by atoms with Crippen LogP contribution in [0.3, 0.4) is 0 Å². The molecule has 0 aliphatic heterocycles. The molecule has 5 heteroatoms. The second-order valence-electron chi connectivity index (χ2n) is 4.66. The van der Waals surface area contributed by atoms with E-state index < -0.39 is 6.10 Å². The molecule has 1 aliphatic rings. The molecule has 18 heavy (non-hydrogen) atoms. The van der Waals surface area contributed by atoms with Crippen LogP contribution in [0.25, 0.3) is 0 Å². The molecule has 0 radical (unpaired) electrons. The molecule has 0 saturated heterocycles. The fourth-order valence-corrected chi connectivity index (χ4v) is 3.44. The Bertz CT molecular complexity index is 535. The van der Waals surface area contributed by atoms with Gasteiger partial charge in [0, 0.05) is 4.88 Å². The fraction of sp³-hybridized carbons (Fsp3) is 0.538. The van der Waals surface area contributed by atoms with E-state index in [1.165, 1.54) is 10.4 Å². The Balaban J connectivity index is 1.90. The van der Waals surface area contributed by atoms with Crippen LogP contribution in [0.15, 0.2) is 16.0 Å². The Kier molecular flexibility index (Phi) is 3.18. The zero-order valence-electron chi connectivity index (χ0n) is 10.3. The van der Waals surface area contributed by atoms with Crippen molar-refractivity contribution in [3.63, 3.8) is 0 Å². The average molecular weight is 264 g/mol. The van der Waals surface area contributed by atoms with E-state index in [0.717, 1.165) is 19.3 Å². The molecule has 4 nitrogen and oxygen atoms in total. The van der Waals surface area contributed by atoms with Crippen LogP contribution in [0.4, 0.5) is 0 Å². The van der Waals surface area contributed by atoms with Crippen LogP contribution < -0.4 is 0 Å². The SMILES string of the molecule is CCC(O)c1noc(C2CCCc3sccc32)n1. The molecule has 1 N–H and O–H groups in total. The van der Waals surface area contributed by atoms with E-state index in [0.29, 0.717) is 18.1 Å². The van der Waals surface area contributed by atoms with Crippen molar-refractivity contribution in [3.05, 3.63) is 33.6 Å². The van der Waals surface area contributed by atoms with E-state index in [-0.39, 0.29) is 5.92 Å². The van der Waals surface area contributed by atoms with Crippen LogP contribution in [0.5, 0.6) is 0 Å². The zero-order valence-corrected chi connectivity index (χ0v) is 11.1. The lowest BCUT2D eigenvalue weighted by Gasteiger charge is -2.18. The van der Waals surface area contributed by atoms with Crippen LogP contribution in [0, 0.1) is 0 Å². The maximum atomic E-state index is 9.71. The normalized spacial score (nSPS) is 20.7. The minimum atomic E-state index is -0.618. The second kappa shape index (κ2) is 4.82. The third kappa shape index (κ3) is 1.97. The summed E-state index contributed by atoms with van der Waals surface area (Å²) in [4.78, 5) is 5.79. The summed E-state index contributed by atoms with van der Waals surface area (Å²) in [5.74, 6) is 1.28. The lowest BCUT2D eigenvalue weighted by atomic mass is 9.88. The number of nitrogens with zero attached hydrogens (tertiary/aromatic N) is 2. The van der Waals surface area contributed by atoms with Gasteiger partial charge in [0.15, 0.2) is 5.82 Å². The molecule has 0 bridgehead atoms. The van der Waals surface area contributed by atoms with Crippen molar-refractivity contribution in [2.75, 3.05) is 0 Å². The fourth-order valence-electron chi connectivity index (χ4n) is 2.45. The van der Waals surface area contributed by atoms with Gasteiger partial charge in [-0.05, 0) is 42.7 Å². The molecule has 2 atom stereocenters. The number of hydrogen-bond acceptors (Lipinski definition) is 5. The highest BCUT2D eigenvalue weighted by molar-refractivity contribution is 7.10. The van der Waals surface area contributed by atoms with Crippen molar-refractivity contribution in [2.45, 2.75) is 44.6 Å². The van der Waals surface area contributed by atoms with Crippen LogP contribution in [-0.4, -0.2) is 15.2 Å². The molecule has 1 aliphatic carbocycles. The van der Waals surface area contributed by atoms with Crippen LogP contribution in [0.1, 0.15) is 60.4 Å². The predicted molar refractivity (Wildman–Crippen MR) is 68.6 cm³/mol. The molecular weight excluding hydrogens is 248 g/mol. The van der Waals surface area contributed by atoms with Gasteiger partial charge in [-0.15, -0.1) is 11.3 Å². The van der Waals surface area contributed by atoms with Crippen LogP contribution in [0.2, 0.25) is 0 Å². The Morgan fingerprint density at radius 3 is 3.33 bits per heavy atom. The molecule has 2 aromatic rings. The summed E-state index contributed by atoms with van der Waals surface area (Å²) in [7, 11) is 0. The molecule has 0 fully saturated rings. The van der Waals surface area contributed by atoms with Crippen molar-refractivity contribution in [2.24, 2.45) is 0 Å². The monoisotopic (exact) mass is 264 g/mol. The summed E-state index contributed by atoms with van der Waals surface area (Å²) in [5.41, 5.74) is 1.33. The van der Waals surface area contributed by atoms with Crippen molar-refractivity contribution in [3.8, 4) is 0 Å². The highest BCUT2D eigenvalue weighted by atomic mass is 32.1. The largest absolute Gasteiger partial charge is 0.385 e. The number of rotatable bonds is 3. The Labute approximate surface area is 110 Å². The highest BCUT2D eigenvalue weighted by Crippen LogP contribution is 2.38. The first kappa shape index (κ1) is 11.9. The van der Waals surface area contributed by atoms with E-state index in [1.54, 1.807) is 11.3 Å². The average Bonchev–Trinajstić information content (AvgIpc) is 3.05. The lowest BCUT2D eigenvalue weighted by molar-refractivity contribution is 0.159. The number of aliphatic hydroxyl groups is 1. The molecule has 0 aromatic carbocycles. The molecule has 0 amide bonds. The van der Waals surface area contributed by atoms with Gasteiger partial charge in [0.05, 0.1) is 5.92 Å². The van der Waals surface area contributed by atoms with Crippen molar-refractivity contribution in [1.29, 1.82) is 0 Å². The number of aromatic nitrogens is 2. The van der Waals surface area contributed by atoms with Crippen LogP contribution >= 0.6 is 11.3 Å². The van der Waals surface area contributed by atoms with Gasteiger partial charge in [-0.3, -0.25) is 0 Å². The van der Waals surface area contributed by atoms with Gasteiger partial charge in [-0.25, -0.2) is 0 Å². The van der Waals surface area contributed by atoms with Gasteiger partial charge in [0.1, 0.15) is 6.10 Å². The number of aliphatic hydroxyl groups excluding tert-OH is 1. The van der Waals surface area contributed by atoms with E-state index in [4.69, 9.17) is 4.52 Å². The maximum Gasteiger partial charge on any atom is 0.234 e. The smallest absolute Gasteiger partial charge is 0.234 e. The Hall–Kier alpha value is -1.20. The minimum absolute atomic E-state index is 0.213. The molecule has 2 aromatic heterocycles. The topological polar surface area (TPSA) is 59.2 Å². The summed E-state index contributed by atoms with van der Waals surface area (Å²) >= 11 is 1.80. The third-order valence-electron chi connectivity index (χ3n) is 3.49.